The molecule has 2 atom stereocenters. The molecule has 1 aliphatic carbocycles. The van der Waals surface area contributed by atoms with E-state index in [0.717, 1.165) is 40.7 Å². The van der Waals surface area contributed by atoms with Gasteiger partial charge in [-0.05, 0) is 73.2 Å². The molecule has 1 heterocycles. The molecule has 0 unspecified atom stereocenters. The first kappa shape index (κ1) is 19.7. The van der Waals surface area contributed by atoms with Crippen molar-refractivity contribution in [2.45, 2.75) is 32.8 Å². The predicted octanol–water partition coefficient (Wildman–Crippen LogP) is 4.51. The van der Waals surface area contributed by atoms with Gasteiger partial charge >= 0.3 is 11.9 Å². The molecule has 1 saturated heterocycles. The molecule has 0 saturated carbocycles. The zero-order chi connectivity index (χ0) is 21.4. The third-order valence-electron chi connectivity index (χ3n) is 5.88. The van der Waals surface area contributed by atoms with Gasteiger partial charge in [0.15, 0.2) is 0 Å². The minimum absolute atomic E-state index is 0.0228. The lowest BCUT2D eigenvalue weighted by Crippen LogP contribution is -2.21. The number of rotatable bonds is 3. The average Bonchev–Trinajstić information content (AvgIpc) is 3.04. The fourth-order valence-electron chi connectivity index (χ4n) is 4.25. The third-order valence-corrected chi connectivity index (χ3v) is 5.88. The second-order valence-electron chi connectivity index (χ2n) is 7.69. The summed E-state index contributed by atoms with van der Waals surface area (Å²) in [6, 6.07) is 10.8. The van der Waals surface area contributed by atoms with E-state index >= 15 is 0 Å². The number of hydrogen-bond acceptors (Lipinski definition) is 5. The Morgan fingerprint density at radius 2 is 2.03 bits per heavy atom. The largest absolute Gasteiger partial charge is 0.453 e. The lowest BCUT2D eigenvalue weighted by atomic mass is 9.76. The lowest BCUT2D eigenvalue weighted by Gasteiger charge is -2.30. The Morgan fingerprint density at radius 1 is 1.30 bits per heavy atom. The molecule has 0 radical (unpaired) electrons. The minimum atomic E-state index is -0.498. The van der Waals surface area contributed by atoms with Crippen LogP contribution in [0.1, 0.15) is 45.9 Å². The van der Waals surface area contributed by atoms with E-state index in [4.69, 9.17) is 14.7 Å². The highest BCUT2D eigenvalue weighted by Gasteiger charge is 2.44. The normalized spacial score (nSPS) is 19.8. The van der Waals surface area contributed by atoms with Crippen LogP contribution in [0.25, 0.3) is 6.08 Å². The van der Waals surface area contributed by atoms with E-state index in [9.17, 15) is 9.59 Å². The zero-order valence-corrected chi connectivity index (χ0v) is 16.9. The molecule has 0 amide bonds. The van der Waals surface area contributed by atoms with Gasteiger partial charge in [-0.15, -0.1) is 0 Å². The summed E-state index contributed by atoms with van der Waals surface area (Å²) in [7, 11) is 0. The first-order valence-corrected chi connectivity index (χ1v) is 9.82. The fourth-order valence-corrected chi connectivity index (χ4v) is 4.25. The summed E-state index contributed by atoms with van der Waals surface area (Å²) in [5.41, 5.74) is 5.80. The van der Waals surface area contributed by atoms with Crippen LogP contribution in [0.4, 0.5) is 0 Å². The van der Waals surface area contributed by atoms with Gasteiger partial charge in [0.2, 0.25) is 0 Å². The SMILES string of the molecule is C=C1C(=O)O[C@H]2c3c(C)c(OC(=O)/C=C/c4ccc(C#N)cc4)cc(C)c3CC[C@@H]12. The molecule has 1 aliphatic heterocycles. The Morgan fingerprint density at radius 3 is 2.73 bits per heavy atom. The van der Waals surface area contributed by atoms with E-state index in [1.54, 1.807) is 30.3 Å². The van der Waals surface area contributed by atoms with Gasteiger partial charge in [0.25, 0.3) is 0 Å². The van der Waals surface area contributed by atoms with Crippen molar-refractivity contribution in [3.63, 3.8) is 0 Å². The summed E-state index contributed by atoms with van der Waals surface area (Å²) in [5.74, 6) is -0.398. The van der Waals surface area contributed by atoms with Gasteiger partial charge < -0.3 is 9.47 Å². The standard InChI is InChI=1S/C25H21NO4/c1-14-12-21(29-22(27)11-8-17-4-6-18(13-26)7-5-17)16(3)23-19(14)9-10-20-15(2)25(28)30-24(20)23/h4-8,11-12,20,24H,2,9-10H2,1,3H3/b11-8+/t20-,24+/m0/s1. The maximum atomic E-state index is 12.4. The third kappa shape index (κ3) is 3.42. The Balaban J connectivity index is 1.59. The van der Waals surface area contributed by atoms with Crippen molar-refractivity contribution in [2.75, 3.05) is 0 Å². The summed E-state index contributed by atoms with van der Waals surface area (Å²) >= 11 is 0. The number of aryl methyl sites for hydroxylation is 1. The maximum absolute atomic E-state index is 12.4. The Bertz CT molecular complexity index is 1140. The van der Waals surface area contributed by atoms with Gasteiger partial charge in [0.1, 0.15) is 11.9 Å². The minimum Gasteiger partial charge on any atom is -0.453 e. The monoisotopic (exact) mass is 399 g/mol. The molecule has 2 aliphatic rings. The summed E-state index contributed by atoms with van der Waals surface area (Å²) in [5, 5.41) is 8.85. The summed E-state index contributed by atoms with van der Waals surface area (Å²) in [6.07, 6.45) is 4.31. The van der Waals surface area contributed by atoms with Crippen LogP contribution < -0.4 is 4.74 Å². The van der Waals surface area contributed by atoms with E-state index < -0.39 is 5.97 Å². The van der Waals surface area contributed by atoms with Gasteiger partial charge in [-0.3, -0.25) is 0 Å². The zero-order valence-electron chi connectivity index (χ0n) is 16.9. The van der Waals surface area contributed by atoms with Crippen LogP contribution in [0.5, 0.6) is 5.75 Å². The Labute approximate surface area is 175 Å². The van der Waals surface area contributed by atoms with Crippen LogP contribution in [0, 0.1) is 31.1 Å². The molecule has 150 valence electrons. The molecule has 4 rings (SSSR count). The van der Waals surface area contributed by atoms with Crippen molar-refractivity contribution >= 4 is 18.0 Å². The lowest BCUT2D eigenvalue weighted by molar-refractivity contribution is -0.139. The fraction of sp³-hybridized carbons (Fsp3) is 0.240. The van der Waals surface area contributed by atoms with Crippen LogP contribution in [0.3, 0.4) is 0 Å². The number of carbonyl (C=O) groups is 2. The van der Waals surface area contributed by atoms with Gasteiger partial charge in [-0.25, -0.2) is 9.59 Å². The number of fused-ring (bicyclic) bond motifs is 3. The Hall–Kier alpha value is -3.65. The predicted molar refractivity (Wildman–Crippen MR) is 112 cm³/mol. The van der Waals surface area contributed by atoms with Crippen molar-refractivity contribution in [1.82, 2.24) is 0 Å². The van der Waals surface area contributed by atoms with Gasteiger partial charge in [-0.1, -0.05) is 18.7 Å². The number of benzene rings is 2. The molecule has 1 fully saturated rings. The van der Waals surface area contributed by atoms with Gasteiger partial charge in [0.05, 0.1) is 11.6 Å². The van der Waals surface area contributed by atoms with E-state index in [2.05, 4.69) is 12.6 Å². The topological polar surface area (TPSA) is 76.4 Å². The van der Waals surface area contributed by atoms with E-state index in [-0.39, 0.29) is 18.0 Å². The number of esters is 2. The van der Waals surface area contributed by atoms with Gasteiger partial charge in [-0.2, -0.15) is 5.26 Å². The summed E-state index contributed by atoms with van der Waals surface area (Å²) in [6.45, 7) is 7.76. The van der Waals surface area contributed by atoms with Crippen molar-refractivity contribution in [2.24, 2.45) is 5.92 Å². The molecular weight excluding hydrogens is 378 g/mol. The Kier molecular flexibility index (Phi) is 5.01. The van der Waals surface area contributed by atoms with Crippen LogP contribution in [-0.4, -0.2) is 11.9 Å². The van der Waals surface area contributed by atoms with Crippen molar-refractivity contribution < 1.29 is 19.1 Å². The van der Waals surface area contributed by atoms with Gasteiger partial charge in [0, 0.05) is 23.1 Å². The van der Waals surface area contributed by atoms with Crippen molar-refractivity contribution in [3.05, 3.63) is 81.9 Å². The van der Waals surface area contributed by atoms with Crippen molar-refractivity contribution in [1.29, 1.82) is 5.26 Å². The first-order chi connectivity index (χ1) is 14.4. The van der Waals surface area contributed by atoms with Crippen LogP contribution in [0.15, 0.2) is 48.6 Å². The summed E-state index contributed by atoms with van der Waals surface area (Å²) in [4.78, 5) is 24.4. The number of carbonyl (C=O) groups excluding carboxylic acids is 2. The number of hydrogen-bond donors (Lipinski definition) is 0. The maximum Gasteiger partial charge on any atom is 0.336 e. The van der Waals surface area contributed by atoms with Crippen LogP contribution in [-0.2, 0) is 20.7 Å². The highest BCUT2D eigenvalue weighted by molar-refractivity contribution is 5.91. The quantitative estimate of drug-likeness (QED) is 0.431. The van der Waals surface area contributed by atoms with Crippen LogP contribution in [0.2, 0.25) is 0 Å². The molecule has 30 heavy (non-hydrogen) atoms. The molecule has 2 aromatic carbocycles. The van der Waals surface area contributed by atoms with E-state index in [1.807, 2.05) is 19.9 Å². The molecular formula is C25H21NO4. The first-order valence-electron chi connectivity index (χ1n) is 9.82. The smallest absolute Gasteiger partial charge is 0.336 e. The molecule has 0 aromatic heterocycles. The number of ether oxygens (including phenoxy) is 2. The van der Waals surface area contributed by atoms with Crippen molar-refractivity contribution in [3.8, 4) is 11.8 Å². The van der Waals surface area contributed by atoms with E-state index in [1.165, 1.54) is 6.08 Å². The second-order valence-corrected chi connectivity index (χ2v) is 7.69. The number of nitriles is 1. The summed E-state index contributed by atoms with van der Waals surface area (Å²) < 4.78 is 11.2. The second kappa shape index (κ2) is 7.64. The van der Waals surface area contributed by atoms with E-state index in [0.29, 0.717) is 16.9 Å². The molecule has 0 bridgehead atoms. The molecule has 2 aromatic rings. The highest BCUT2D eigenvalue weighted by atomic mass is 16.6. The highest BCUT2D eigenvalue weighted by Crippen LogP contribution is 2.49. The van der Waals surface area contributed by atoms with Crippen LogP contribution >= 0.6 is 0 Å². The average molecular weight is 399 g/mol. The molecule has 0 spiro atoms. The molecule has 5 heteroatoms. The number of nitrogens with zero attached hydrogens (tertiary/aromatic N) is 1. The molecule has 0 N–H and O–H groups in total. The molecule has 5 nitrogen and oxygen atoms in total.